The van der Waals surface area contributed by atoms with Crippen LogP contribution in [0.2, 0.25) is 5.02 Å². The molecule has 2 atom stereocenters. The molecule has 0 saturated heterocycles. The number of carbonyl (C=O) groups excluding carboxylic acids is 2. The summed E-state index contributed by atoms with van der Waals surface area (Å²) in [5, 5.41) is 15.0. The van der Waals surface area contributed by atoms with Gasteiger partial charge in [-0.1, -0.05) is 67.4 Å². The zero-order valence-electron chi connectivity index (χ0n) is 25.7. The van der Waals surface area contributed by atoms with Gasteiger partial charge >= 0.3 is 12.3 Å². The summed E-state index contributed by atoms with van der Waals surface area (Å²) < 4.78 is 42.6. The summed E-state index contributed by atoms with van der Waals surface area (Å²) in [6.45, 7) is 3.90. The molecule has 1 unspecified atom stereocenters. The van der Waals surface area contributed by atoms with Crippen molar-refractivity contribution in [2.24, 2.45) is 0 Å². The molecule has 246 valence electrons. The van der Waals surface area contributed by atoms with Gasteiger partial charge in [0, 0.05) is 22.8 Å². The molecule has 0 aliphatic heterocycles. The average Bonchev–Trinajstić information content (AvgIpc) is 3.01. The molecule has 0 spiro atoms. The first kappa shape index (κ1) is 35.0. The Hall–Kier alpha value is -4.83. The molecule has 0 fully saturated rings. The van der Waals surface area contributed by atoms with Crippen molar-refractivity contribution in [3.63, 3.8) is 0 Å². The number of rotatable bonds is 13. The number of halogens is 4. The van der Waals surface area contributed by atoms with E-state index in [1.165, 1.54) is 24.3 Å². The van der Waals surface area contributed by atoms with Gasteiger partial charge in [0.05, 0.1) is 12.3 Å². The van der Waals surface area contributed by atoms with Crippen LogP contribution < -0.4 is 15.4 Å². The highest BCUT2D eigenvalue weighted by Gasteiger charge is 2.33. The minimum atomic E-state index is -4.86. The van der Waals surface area contributed by atoms with Gasteiger partial charge in [-0.3, -0.25) is 14.4 Å². The molecule has 4 rings (SSSR count). The highest BCUT2D eigenvalue weighted by molar-refractivity contribution is 6.30. The lowest BCUT2D eigenvalue weighted by atomic mass is 9.78. The van der Waals surface area contributed by atoms with Crippen molar-refractivity contribution in [2.45, 2.75) is 51.3 Å². The van der Waals surface area contributed by atoms with Gasteiger partial charge in [-0.05, 0) is 95.6 Å². The molecule has 11 heteroatoms. The number of benzene rings is 4. The van der Waals surface area contributed by atoms with Crippen molar-refractivity contribution >= 4 is 35.1 Å². The Balaban J connectivity index is 1.64. The second kappa shape index (κ2) is 15.6. The molecule has 2 amide bonds. The van der Waals surface area contributed by atoms with Crippen LogP contribution in [0.5, 0.6) is 5.75 Å². The molecule has 47 heavy (non-hydrogen) atoms. The maximum absolute atomic E-state index is 14.1. The lowest BCUT2D eigenvalue weighted by Gasteiger charge is -2.28. The minimum absolute atomic E-state index is 0.0229. The van der Waals surface area contributed by atoms with Crippen molar-refractivity contribution in [1.29, 1.82) is 0 Å². The largest absolute Gasteiger partial charge is 0.573 e. The summed E-state index contributed by atoms with van der Waals surface area (Å²) >= 11 is 6.11. The van der Waals surface area contributed by atoms with E-state index in [0.29, 0.717) is 34.7 Å². The van der Waals surface area contributed by atoms with E-state index < -0.39 is 35.8 Å². The standard InChI is InChI=1S/C36H34ClF3N2O5/c1-3-4-31(24-5-7-26(8-6-24)34(45)41-20-19-32(43)44)33(25-11-16-29(17-12-25)47-36(38,39)40)35(46)42-28-14-9-23(10-15-28)30-18-13-27(37)21-22(30)2/h5-18,21,31,33H,3-4,19-20H2,1-2H3,(H,41,45)(H,42,46)(H,43,44)/t31-,33?/m0/s1. The van der Waals surface area contributed by atoms with Crippen LogP contribution in [0.15, 0.2) is 91.0 Å². The summed E-state index contributed by atoms with van der Waals surface area (Å²) in [5.41, 5.74) is 5.02. The average molecular weight is 667 g/mol. The summed E-state index contributed by atoms with van der Waals surface area (Å²) in [4.78, 5) is 37.4. The normalized spacial score (nSPS) is 12.6. The number of alkyl halides is 3. The highest BCUT2D eigenvalue weighted by atomic mass is 35.5. The number of anilines is 1. The lowest BCUT2D eigenvalue weighted by molar-refractivity contribution is -0.274. The van der Waals surface area contributed by atoms with Gasteiger partial charge in [-0.15, -0.1) is 13.2 Å². The van der Waals surface area contributed by atoms with E-state index in [9.17, 15) is 27.6 Å². The summed E-state index contributed by atoms with van der Waals surface area (Å²) in [6.07, 6.45) is -3.83. The predicted molar refractivity (Wildman–Crippen MR) is 175 cm³/mol. The van der Waals surface area contributed by atoms with Gasteiger partial charge in [0.25, 0.3) is 5.91 Å². The van der Waals surface area contributed by atoms with Gasteiger partial charge in [-0.2, -0.15) is 0 Å². The molecule has 0 aliphatic rings. The quantitative estimate of drug-likeness (QED) is 0.132. The third-order valence-corrected chi connectivity index (χ3v) is 7.87. The Kier molecular flexibility index (Phi) is 11.7. The number of carbonyl (C=O) groups is 3. The molecule has 0 aliphatic carbocycles. The van der Waals surface area contributed by atoms with E-state index in [-0.39, 0.29) is 18.9 Å². The number of carboxylic acids is 1. The number of carboxylic acid groups (broad SMARTS) is 1. The molecule has 4 aromatic rings. The van der Waals surface area contributed by atoms with Crippen LogP contribution in [0.4, 0.5) is 18.9 Å². The fraction of sp³-hybridized carbons (Fsp3) is 0.250. The fourth-order valence-electron chi connectivity index (χ4n) is 5.45. The molecule has 0 radical (unpaired) electrons. The zero-order chi connectivity index (χ0) is 34.1. The number of nitrogens with one attached hydrogen (secondary N) is 2. The summed E-state index contributed by atoms with van der Waals surface area (Å²) in [5.74, 6) is -3.45. The predicted octanol–water partition coefficient (Wildman–Crippen LogP) is 8.72. The van der Waals surface area contributed by atoms with Crippen LogP contribution in [-0.4, -0.2) is 35.8 Å². The monoisotopic (exact) mass is 666 g/mol. The Labute approximate surface area is 275 Å². The minimum Gasteiger partial charge on any atom is -0.481 e. The zero-order valence-corrected chi connectivity index (χ0v) is 26.5. The molecule has 7 nitrogen and oxygen atoms in total. The van der Waals surface area contributed by atoms with Gasteiger partial charge in [0.1, 0.15) is 5.75 Å². The number of aryl methyl sites for hydroxylation is 1. The maximum Gasteiger partial charge on any atom is 0.573 e. The van der Waals surface area contributed by atoms with E-state index in [1.54, 1.807) is 36.4 Å². The first-order chi connectivity index (χ1) is 22.3. The summed E-state index contributed by atoms with van der Waals surface area (Å²) in [6, 6.07) is 24.9. The first-order valence-corrected chi connectivity index (χ1v) is 15.4. The molecular formula is C36H34ClF3N2O5. The first-order valence-electron chi connectivity index (χ1n) is 15.0. The Bertz CT molecular complexity index is 1690. The van der Waals surface area contributed by atoms with Crippen molar-refractivity contribution in [2.75, 3.05) is 11.9 Å². The van der Waals surface area contributed by atoms with Gasteiger partial charge in [0.2, 0.25) is 5.91 Å². The van der Waals surface area contributed by atoms with E-state index in [4.69, 9.17) is 16.7 Å². The summed E-state index contributed by atoms with van der Waals surface area (Å²) in [7, 11) is 0. The maximum atomic E-state index is 14.1. The smallest absolute Gasteiger partial charge is 0.481 e. The number of amides is 2. The van der Waals surface area contributed by atoms with Crippen molar-refractivity contribution in [1.82, 2.24) is 5.32 Å². The van der Waals surface area contributed by atoms with Gasteiger partial charge in [0.15, 0.2) is 0 Å². The van der Waals surface area contributed by atoms with Crippen LogP contribution >= 0.6 is 11.6 Å². The van der Waals surface area contributed by atoms with Crippen molar-refractivity contribution < 1.29 is 37.4 Å². The van der Waals surface area contributed by atoms with Crippen molar-refractivity contribution in [3.05, 3.63) is 118 Å². The topological polar surface area (TPSA) is 105 Å². The lowest BCUT2D eigenvalue weighted by Crippen LogP contribution is -2.27. The Morgan fingerprint density at radius 2 is 1.53 bits per heavy atom. The second-order valence-corrected chi connectivity index (χ2v) is 11.5. The molecule has 3 N–H and O–H groups in total. The number of hydrogen-bond acceptors (Lipinski definition) is 4. The molecule has 0 bridgehead atoms. The Morgan fingerprint density at radius 3 is 2.11 bits per heavy atom. The third-order valence-electron chi connectivity index (χ3n) is 7.63. The second-order valence-electron chi connectivity index (χ2n) is 11.0. The number of hydrogen-bond donors (Lipinski definition) is 3. The molecule has 0 saturated carbocycles. The van der Waals surface area contributed by atoms with Gasteiger partial charge in [-0.25, -0.2) is 0 Å². The molecule has 0 aromatic heterocycles. The van der Waals surface area contributed by atoms with E-state index in [1.807, 2.05) is 44.2 Å². The van der Waals surface area contributed by atoms with E-state index in [2.05, 4.69) is 15.4 Å². The van der Waals surface area contributed by atoms with Crippen LogP contribution in [0, 0.1) is 6.92 Å². The molecule has 0 heterocycles. The van der Waals surface area contributed by atoms with E-state index >= 15 is 0 Å². The molecular weight excluding hydrogens is 633 g/mol. The Morgan fingerprint density at radius 1 is 0.894 bits per heavy atom. The van der Waals surface area contributed by atoms with Crippen LogP contribution in [0.3, 0.4) is 0 Å². The highest BCUT2D eigenvalue weighted by Crippen LogP contribution is 2.39. The SMILES string of the molecule is CCC[C@@H](c1ccc(C(=O)NCCC(=O)O)cc1)C(C(=O)Nc1ccc(-c2ccc(Cl)cc2C)cc1)c1ccc(OC(F)(F)F)cc1. The van der Waals surface area contributed by atoms with Crippen LogP contribution in [0.1, 0.15) is 65.1 Å². The van der Waals surface area contributed by atoms with Gasteiger partial charge < -0.3 is 20.5 Å². The van der Waals surface area contributed by atoms with Crippen molar-refractivity contribution in [3.8, 4) is 16.9 Å². The van der Waals surface area contributed by atoms with Crippen LogP contribution in [-0.2, 0) is 9.59 Å². The molecule has 4 aromatic carbocycles. The van der Waals surface area contributed by atoms with Crippen LogP contribution in [0.25, 0.3) is 11.1 Å². The van der Waals surface area contributed by atoms with E-state index in [0.717, 1.165) is 22.3 Å². The fourth-order valence-corrected chi connectivity index (χ4v) is 5.68. The number of aliphatic carboxylic acids is 1. The number of ether oxygens (including phenoxy) is 1. The third kappa shape index (κ3) is 9.83.